The van der Waals surface area contributed by atoms with Crippen molar-refractivity contribution < 1.29 is 27.0 Å². The maximum Gasteiger partial charge on any atom is 0.265 e. The summed E-state index contributed by atoms with van der Waals surface area (Å²) in [6.45, 7) is -0.766. The third-order valence-corrected chi connectivity index (χ3v) is 3.59. The molecule has 1 atom stereocenters. The van der Waals surface area contributed by atoms with Gasteiger partial charge in [-0.1, -0.05) is 12.1 Å². The lowest BCUT2D eigenvalue weighted by Gasteiger charge is -2.13. The Morgan fingerprint density at radius 1 is 1.39 bits per heavy atom. The molecule has 0 aromatic heterocycles. The second kappa shape index (κ2) is 6.07. The van der Waals surface area contributed by atoms with Gasteiger partial charge in [0.15, 0.2) is 0 Å². The highest BCUT2D eigenvalue weighted by atomic mass is 32.2. The molecular weight excluding hydrogens is 268 g/mol. The van der Waals surface area contributed by atoms with E-state index in [1.165, 1.54) is 25.3 Å². The van der Waals surface area contributed by atoms with Crippen molar-refractivity contribution >= 4 is 10.0 Å². The number of hydrogen-bond acceptors (Lipinski definition) is 4. The van der Waals surface area contributed by atoms with Gasteiger partial charge in [0, 0.05) is 6.54 Å². The molecule has 1 rings (SSSR count). The van der Waals surface area contributed by atoms with Gasteiger partial charge in [-0.3, -0.25) is 0 Å². The molecule has 0 aliphatic rings. The minimum atomic E-state index is -4.00. The lowest BCUT2D eigenvalue weighted by Crippen LogP contribution is -2.35. The number of nitrogens with one attached hydrogen (secondary N) is 1. The van der Waals surface area contributed by atoms with Gasteiger partial charge in [0.1, 0.15) is 16.7 Å². The maximum absolute atomic E-state index is 12.0. The number of aliphatic hydroxyl groups excluding tert-OH is 1. The van der Waals surface area contributed by atoms with E-state index in [0.717, 1.165) is 0 Å². The van der Waals surface area contributed by atoms with Gasteiger partial charge in [0.2, 0.25) is 10.0 Å². The van der Waals surface area contributed by atoms with E-state index in [4.69, 9.17) is 9.84 Å². The number of rotatable bonds is 6. The molecule has 0 saturated carbocycles. The van der Waals surface area contributed by atoms with Crippen molar-refractivity contribution in [3.8, 4) is 5.75 Å². The first-order valence-electron chi connectivity index (χ1n) is 4.97. The molecule has 1 unspecified atom stereocenters. The maximum atomic E-state index is 12.0. The highest BCUT2D eigenvalue weighted by molar-refractivity contribution is 7.89. The lowest BCUT2D eigenvalue weighted by molar-refractivity contribution is -0.000454. The van der Waals surface area contributed by atoms with E-state index in [9.17, 15) is 17.2 Å². The number of halogens is 2. The molecule has 8 heteroatoms. The van der Waals surface area contributed by atoms with Gasteiger partial charge in [-0.05, 0) is 12.1 Å². The fraction of sp³-hybridized carbons (Fsp3) is 0.400. The smallest absolute Gasteiger partial charge is 0.265 e. The van der Waals surface area contributed by atoms with E-state index in [-0.39, 0.29) is 10.6 Å². The first kappa shape index (κ1) is 14.8. The van der Waals surface area contributed by atoms with E-state index in [2.05, 4.69) is 0 Å². The average Bonchev–Trinajstić information content (AvgIpc) is 2.35. The molecule has 0 aliphatic heterocycles. The van der Waals surface area contributed by atoms with Gasteiger partial charge in [0.05, 0.1) is 7.11 Å². The number of methoxy groups -OCH3 is 1. The van der Waals surface area contributed by atoms with E-state index < -0.39 is 29.1 Å². The predicted molar refractivity (Wildman–Crippen MR) is 60.2 cm³/mol. The molecular formula is C10H13F2NO4S. The van der Waals surface area contributed by atoms with Crippen molar-refractivity contribution in [2.45, 2.75) is 17.4 Å². The monoisotopic (exact) mass is 281 g/mol. The molecule has 0 spiro atoms. The molecule has 0 radical (unpaired) electrons. The van der Waals surface area contributed by atoms with Gasteiger partial charge in [0.25, 0.3) is 6.43 Å². The summed E-state index contributed by atoms with van der Waals surface area (Å²) >= 11 is 0. The van der Waals surface area contributed by atoms with Crippen molar-refractivity contribution in [1.82, 2.24) is 4.72 Å². The number of aliphatic hydroxyl groups is 1. The Hall–Kier alpha value is -1.25. The van der Waals surface area contributed by atoms with Gasteiger partial charge in [-0.2, -0.15) is 0 Å². The van der Waals surface area contributed by atoms with Crippen molar-refractivity contribution in [2.75, 3.05) is 13.7 Å². The van der Waals surface area contributed by atoms with Gasteiger partial charge in [-0.15, -0.1) is 0 Å². The Kier molecular flexibility index (Phi) is 5.00. The van der Waals surface area contributed by atoms with Gasteiger partial charge >= 0.3 is 0 Å². The van der Waals surface area contributed by atoms with E-state index >= 15 is 0 Å². The zero-order valence-electron chi connectivity index (χ0n) is 9.51. The highest BCUT2D eigenvalue weighted by Crippen LogP contribution is 2.22. The molecule has 0 aliphatic carbocycles. The summed E-state index contributed by atoms with van der Waals surface area (Å²) in [6, 6.07) is 5.75. The summed E-state index contributed by atoms with van der Waals surface area (Å²) in [6.07, 6.45) is -5.06. The predicted octanol–water partition coefficient (Wildman–Crippen LogP) is 0.599. The summed E-state index contributed by atoms with van der Waals surface area (Å²) in [7, 11) is -2.71. The van der Waals surface area contributed by atoms with E-state index in [0.29, 0.717) is 0 Å². The van der Waals surface area contributed by atoms with Crippen LogP contribution in [0.2, 0.25) is 0 Å². The first-order valence-corrected chi connectivity index (χ1v) is 6.45. The summed E-state index contributed by atoms with van der Waals surface area (Å²) in [5.74, 6) is 0.0940. The van der Waals surface area contributed by atoms with Gasteiger partial charge < -0.3 is 9.84 Å². The van der Waals surface area contributed by atoms with Crippen LogP contribution in [0.1, 0.15) is 0 Å². The fourth-order valence-electron chi connectivity index (χ4n) is 1.20. The summed E-state index contributed by atoms with van der Waals surface area (Å²) in [4.78, 5) is -0.172. The Labute approximate surface area is 103 Å². The van der Waals surface area contributed by atoms with Crippen LogP contribution in [0.25, 0.3) is 0 Å². The Balaban J connectivity index is 2.87. The topological polar surface area (TPSA) is 75.6 Å². The largest absolute Gasteiger partial charge is 0.495 e. The molecule has 0 saturated heterocycles. The van der Waals surface area contributed by atoms with Crippen LogP contribution in [0.3, 0.4) is 0 Å². The molecule has 1 aromatic carbocycles. The number of benzene rings is 1. The number of ether oxygens (including phenoxy) is 1. The number of sulfonamides is 1. The minimum absolute atomic E-state index is 0.0940. The molecule has 0 fully saturated rings. The van der Waals surface area contributed by atoms with Crippen LogP contribution in [0.4, 0.5) is 8.78 Å². The standard InChI is InChI=1S/C10H13F2NO4S/c1-17-8-4-2-3-5-9(8)18(15,16)13-6-7(14)10(11)12/h2-5,7,10,13-14H,6H2,1H3. The molecule has 0 amide bonds. The van der Waals surface area contributed by atoms with Crippen LogP contribution in [-0.2, 0) is 10.0 Å². The van der Waals surface area contributed by atoms with Crippen molar-refractivity contribution in [3.63, 3.8) is 0 Å². The normalized spacial score (nSPS) is 13.6. The summed E-state index contributed by atoms with van der Waals surface area (Å²) in [5.41, 5.74) is 0. The minimum Gasteiger partial charge on any atom is -0.495 e. The SMILES string of the molecule is COc1ccccc1S(=O)(=O)NCC(O)C(F)F. The number of hydrogen-bond donors (Lipinski definition) is 2. The third kappa shape index (κ3) is 3.62. The molecule has 0 heterocycles. The first-order chi connectivity index (χ1) is 8.38. The van der Waals surface area contributed by atoms with Crippen LogP contribution < -0.4 is 9.46 Å². The molecule has 5 nitrogen and oxygen atoms in total. The van der Waals surface area contributed by atoms with Crippen molar-refractivity contribution in [3.05, 3.63) is 24.3 Å². The Morgan fingerprint density at radius 3 is 2.56 bits per heavy atom. The molecule has 1 aromatic rings. The summed E-state index contributed by atoms with van der Waals surface area (Å²) < 4.78 is 54.4. The third-order valence-electron chi connectivity index (χ3n) is 2.13. The molecule has 18 heavy (non-hydrogen) atoms. The van der Waals surface area contributed by atoms with Crippen LogP contribution >= 0.6 is 0 Å². The van der Waals surface area contributed by atoms with Crippen LogP contribution in [0.15, 0.2) is 29.2 Å². The fourth-order valence-corrected chi connectivity index (χ4v) is 2.42. The molecule has 102 valence electrons. The Morgan fingerprint density at radius 2 is 2.00 bits per heavy atom. The van der Waals surface area contributed by atoms with Gasteiger partial charge in [-0.25, -0.2) is 21.9 Å². The van der Waals surface area contributed by atoms with Crippen molar-refractivity contribution in [1.29, 1.82) is 0 Å². The zero-order chi connectivity index (χ0) is 13.8. The summed E-state index contributed by atoms with van der Waals surface area (Å²) in [5, 5.41) is 8.85. The second-order valence-corrected chi connectivity index (χ2v) is 5.14. The Bertz CT molecular complexity index is 492. The van der Waals surface area contributed by atoms with E-state index in [1.54, 1.807) is 6.07 Å². The molecule has 0 bridgehead atoms. The van der Waals surface area contributed by atoms with Crippen molar-refractivity contribution in [2.24, 2.45) is 0 Å². The quantitative estimate of drug-likeness (QED) is 0.800. The molecule has 2 N–H and O–H groups in total. The average molecular weight is 281 g/mol. The van der Waals surface area contributed by atoms with E-state index in [1.807, 2.05) is 4.72 Å². The number of alkyl halides is 2. The van der Waals surface area contributed by atoms with Crippen LogP contribution in [0.5, 0.6) is 5.75 Å². The highest BCUT2D eigenvalue weighted by Gasteiger charge is 2.23. The lowest BCUT2D eigenvalue weighted by atomic mass is 10.3. The van der Waals surface area contributed by atoms with Crippen LogP contribution in [-0.4, -0.2) is 39.7 Å². The second-order valence-electron chi connectivity index (χ2n) is 3.40. The number of para-hydroxylation sites is 1. The zero-order valence-corrected chi connectivity index (χ0v) is 10.3. The van der Waals surface area contributed by atoms with Crippen LogP contribution in [0, 0.1) is 0 Å².